The maximum Gasteiger partial charge on any atom is 0.254 e. The standard InChI is InChI=1S/C21H20FN5O4/c1-28-16-6-5-13(11-14(16)22)24-20-25-21-23-8-7-15(27(21)26-20)12-9-17(29-2)19(31-4)18(10-12)30-3/h5-11H,1-4H3,(H,24,26). The summed E-state index contributed by atoms with van der Waals surface area (Å²) in [6.07, 6.45) is 1.62. The first-order valence-electron chi connectivity index (χ1n) is 9.20. The number of hydrogen-bond donors (Lipinski definition) is 1. The maximum atomic E-state index is 14.0. The number of nitrogens with zero attached hydrogens (tertiary/aromatic N) is 4. The van der Waals surface area contributed by atoms with Gasteiger partial charge in [-0.25, -0.2) is 9.37 Å². The van der Waals surface area contributed by atoms with E-state index in [1.807, 2.05) is 12.1 Å². The van der Waals surface area contributed by atoms with E-state index in [0.29, 0.717) is 34.4 Å². The van der Waals surface area contributed by atoms with Gasteiger partial charge in [0, 0.05) is 23.5 Å². The van der Waals surface area contributed by atoms with Crippen molar-refractivity contribution < 1.29 is 23.3 Å². The van der Waals surface area contributed by atoms with E-state index in [0.717, 1.165) is 5.56 Å². The number of hydrogen-bond acceptors (Lipinski definition) is 8. The molecule has 0 unspecified atom stereocenters. The van der Waals surface area contributed by atoms with Gasteiger partial charge in [-0.2, -0.15) is 9.50 Å². The lowest BCUT2D eigenvalue weighted by Crippen LogP contribution is -1.99. The van der Waals surface area contributed by atoms with Crippen LogP contribution in [0.4, 0.5) is 16.0 Å². The molecule has 4 rings (SSSR count). The Balaban J connectivity index is 1.76. The van der Waals surface area contributed by atoms with Crippen molar-refractivity contribution in [2.75, 3.05) is 33.8 Å². The number of fused-ring (bicyclic) bond motifs is 1. The summed E-state index contributed by atoms with van der Waals surface area (Å²) in [5.74, 6) is 1.79. The van der Waals surface area contributed by atoms with Crippen molar-refractivity contribution in [3.8, 4) is 34.3 Å². The lowest BCUT2D eigenvalue weighted by molar-refractivity contribution is 0.324. The van der Waals surface area contributed by atoms with Crippen molar-refractivity contribution in [3.05, 3.63) is 48.4 Å². The minimum Gasteiger partial charge on any atom is -0.494 e. The number of aromatic nitrogens is 4. The van der Waals surface area contributed by atoms with Crippen LogP contribution in [0.25, 0.3) is 17.0 Å². The molecule has 0 atom stereocenters. The normalized spacial score (nSPS) is 10.7. The Bertz CT molecular complexity index is 1220. The zero-order chi connectivity index (χ0) is 22.0. The lowest BCUT2D eigenvalue weighted by atomic mass is 10.1. The lowest BCUT2D eigenvalue weighted by Gasteiger charge is -2.14. The van der Waals surface area contributed by atoms with E-state index in [1.165, 1.54) is 19.2 Å². The van der Waals surface area contributed by atoms with Crippen molar-refractivity contribution in [1.29, 1.82) is 0 Å². The molecule has 0 amide bonds. The predicted molar refractivity (Wildman–Crippen MR) is 112 cm³/mol. The highest BCUT2D eigenvalue weighted by Crippen LogP contribution is 2.41. The van der Waals surface area contributed by atoms with Crippen molar-refractivity contribution >= 4 is 17.4 Å². The highest BCUT2D eigenvalue weighted by molar-refractivity contribution is 5.70. The summed E-state index contributed by atoms with van der Waals surface area (Å²) in [5.41, 5.74) is 1.93. The van der Waals surface area contributed by atoms with Crippen LogP contribution in [0.2, 0.25) is 0 Å². The quantitative estimate of drug-likeness (QED) is 0.479. The van der Waals surface area contributed by atoms with E-state index in [2.05, 4.69) is 20.4 Å². The Morgan fingerprint density at radius 2 is 1.58 bits per heavy atom. The van der Waals surface area contributed by atoms with Gasteiger partial charge >= 0.3 is 0 Å². The number of ether oxygens (including phenoxy) is 4. The molecular formula is C21H20FN5O4. The smallest absolute Gasteiger partial charge is 0.254 e. The van der Waals surface area contributed by atoms with Crippen molar-refractivity contribution in [2.24, 2.45) is 0 Å². The Morgan fingerprint density at radius 3 is 2.19 bits per heavy atom. The summed E-state index contributed by atoms with van der Waals surface area (Å²) >= 11 is 0. The molecule has 160 valence electrons. The first-order chi connectivity index (χ1) is 15.1. The van der Waals surface area contributed by atoms with Gasteiger partial charge in [0.2, 0.25) is 11.7 Å². The van der Waals surface area contributed by atoms with Crippen LogP contribution in [0.5, 0.6) is 23.0 Å². The molecule has 0 aliphatic rings. The molecule has 0 aliphatic heterocycles. The summed E-state index contributed by atoms with van der Waals surface area (Å²) in [5, 5.41) is 7.46. The van der Waals surface area contributed by atoms with Gasteiger partial charge in [-0.1, -0.05) is 0 Å². The van der Waals surface area contributed by atoms with Crippen LogP contribution in [0, 0.1) is 5.82 Å². The molecule has 0 saturated heterocycles. The monoisotopic (exact) mass is 425 g/mol. The SMILES string of the molecule is COc1ccc(Nc2nc3nccc(-c4cc(OC)c(OC)c(OC)c4)n3n2)cc1F. The third kappa shape index (κ3) is 3.75. The summed E-state index contributed by atoms with van der Waals surface area (Å²) in [6.45, 7) is 0. The minimum absolute atomic E-state index is 0.153. The second-order valence-corrected chi connectivity index (χ2v) is 6.37. The number of nitrogens with one attached hydrogen (secondary N) is 1. The Labute approximate surface area is 177 Å². The summed E-state index contributed by atoms with van der Waals surface area (Å²) < 4.78 is 36.8. The van der Waals surface area contributed by atoms with Crippen LogP contribution >= 0.6 is 0 Å². The van der Waals surface area contributed by atoms with Crippen LogP contribution in [-0.2, 0) is 0 Å². The molecule has 2 heterocycles. The van der Waals surface area contributed by atoms with Gasteiger partial charge in [0.15, 0.2) is 23.1 Å². The molecule has 1 N–H and O–H groups in total. The number of anilines is 2. The molecule has 0 saturated carbocycles. The molecule has 0 fully saturated rings. The molecule has 0 spiro atoms. The van der Waals surface area contributed by atoms with Crippen LogP contribution < -0.4 is 24.3 Å². The van der Waals surface area contributed by atoms with Gasteiger partial charge in [-0.3, -0.25) is 0 Å². The van der Waals surface area contributed by atoms with Crippen LogP contribution in [0.15, 0.2) is 42.6 Å². The minimum atomic E-state index is -0.493. The zero-order valence-corrected chi connectivity index (χ0v) is 17.3. The van der Waals surface area contributed by atoms with Gasteiger partial charge in [0.1, 0.15) is 0 Å². The Morgan fingerprint density at radius 1 is 0.871 bits per heavy atom. The first kappa shape index (κ1) is 20.2. The number of methoxy groups -OCH3 is 4. The van der Waals surface area contributed by atoms with E-state index in [4.69, 9.17) is 18.9 Å². The zero-order valence-electron chi connectivity index (χ0n) is 17.3. The third-order valence-electron chi connectivity index (χ3n) is 4.61. The van der Waals surface area contributed by atoms with Gasteiger partial charge in [-0.15, -0.1) is 5.10 Å². The fourth-order valence-corrected chi connectivity index (χ4v) is 3.17. The van der Waals surface area contributed by atoms with Crippen LogP contribution in [0.1, 0.15) is 0 Å². The fourth-order valence-electron chi connectivity index (χ4n) is 3.17. The van der Waals surface area contributed by atoms with Crippen molar-refractivity contribution in [1.82, 2.24) is 19.6 Å². The average Bonchev–Trinajstić information content (AvgIpc) is 3.20. The van der Waals surface area contributed by atoms with E-state index in [1.54, 1.807) is 44.2 Å². The average molecular weight is 425 g/mol. The third-order valence-corrected chi connectivity index (χ3v) is 4.61. The molecule has 0 bridgehead atoms. The predicted octanol–water partition coefficient (Wildman–Crippen LogP) is 3.71. The highest BCUT2D eigenvalue weighted by Gasteiger charge is 2.17. The van der Waals surface area contributed by atoms with E-state index >= 15 is 0 Å². The van der Waals surface area contributed by atoms with Crippen molar-refractivity contribution in [3.63, 3.8) is 0 Å². The molecule has 0 aliphatic carbocycles. The largest absolute Gasteiger partial charge is 0.494 e. The molecular weight excluding hydrogens is 405 g/mol. The van der Waals surface area contributed by atoms with Crippen LogP contribution in [-0.4, -0.2) is 48.0 Å². The van der Waals surface area contributed by atoms with Crippen molar-refractivity contribution in [2.45, 2.75) is 0 Å². The Hall–Kier alpha value is -4.08. The van der Waals surface area contributed by atoms with Crippen LogP contribution in [0.3, 0.4) is 0 Å². The molecule has 31 heavy (non-hydrogen) atoms. The first-order valence-corrected chi connectivity index (χ1v) is 9.20. The molecule has 10 heteroatoms. The number of rotatable bonds is 7. The maximum absolute atomic E-state index is 14.0. The number of halogens is 1. The molecule has 2 aromatic heterocycles. The van der Waals surface area contributed by atoms with E-state index in [9.17, 15) is 4.39 Å². The molecule has 2 aromatic carbocycles. The fraction of sp³-hybridized carbons (Fsp3) is 0.190. The highest BCUT2D eigenvalue weighted by atomic mass is 19.1. The van der Waals surface area contributed by atoms with E-state index in [-0.39, 0.29) is 11.7 Å². The molecule has 4 aromatic rings. The van der Waals surface area contributed by atoms with Gasteiger partial charge < -0.3 is 24.3 Å². The number of benzene rings is 2. The van der Waals surface area contributed by atoms with Gasteiger partial charge in [0.05, 0.1) is 34.1 Å². The second-order valence-electron chi connectivity index (χ2n) is 6.37. The van der Waals surface area contributed by atoms with Gasteiger partial charge in [0.25, 0.3) is 5.78 Å². The van der Waals surface area contributed by atoms with E-state index < -0.39 is 5.82 Å². The molecule has 9 nitrogen and oxygen atoms in total. The summed E-state index contributed by atoms with van der Waals surface area (Å²) in [6, 6.07) is 9.90. The summed E-state index contributed by atoms with van der Waals surface area (Å²) in [7, 11) is 6.05. The molecule has 0 radical (unpaired) electrons. The Kier molecular flexibility index (Phi) is 5.44. The topological polar surface area (TPSA) is 92.0 Å². The second kappa shape index (κ2) is 8.34. The van der Waals surface area contributed by atoms with Gasteiger partial charge in [-0.05, 0) is 30.3 Å². The summed E-state index contributed by atoms with van der Waals surface area (Å²) in [4.78, 5) is 8.64.